The molecule has 0 saturated heterocycles. The van der Waals surface area contributed by atoms with Gasteiger partial charge in [-0.15, -0.1) is 0 Å². The molecular formula is C10H17NO2. The Morgan fingerprint density at radius 2 is 1.62 bits per heavy atom. The number of hydrogen-bond donors (Lipinski definition) is 0. The van der Waals surface area contributed by atoms with E-state index < -0.39 is 5.54 Å². The lowest BCUT2D eigenvalue weighted by atomic mass is 9.65. The number of fused-ring (bicyclic) bond motifs is 1. The van der Waals surface area contributed by atoms with Crippen molar-refractivity contribution in [3.05, 3.63) is 10.1 Å². The maximum atomic E-state index is 11.1. The first kappa shape index (κ1) is 8.97. The van der Waals surface area contributed by atoms with E-state index in [2.05, 4.69) is 0 Å². The number of nitro groups is 1. The highest BCUT2D eigenvalue weighted by molar-refractivity contribution is 4.93. The summed E-state index contributed by atoms with van der Waals surface area (Å²) >= 11 is 0. The van der Waals surface area contributed by atoms with E-state index in [1.54, 1.807) is 0 Å². The van der Waals surface area contributed by atoms with Crippen LogP contribution in [0.1, 0.15) is 51.4 Å². The van der Waals surface area contributed by atoms with Crippen LogP contribution < -0.4 is 0 Å². The second-order valence-electron chi connectivity index (χ2n) is 4.55. The monoisotopic (exact) mass is 183 g/mol. The summed E-state index contributed by atoms with van der Waals surface area (Å²) in [6, 6.07) is 0. The van der Waals surface area contributed by atoms with E-state index in [1.807, 2.05) is 0 Å². The first-order valence-corrected chi connectivity index (χ1v) is 5.40. The van der Waals surface area contributed by atoms with E-state index in [9.17, 15) is 10.1 Å². The van der Waals surface area contributed by atoms with E-state index in [4.69, 9.17) is 0 Å². The molecule has 0 unspecified atom stereocenters. The molecule has 2 aliphatic carbocycles. The summed E-state index contributed by atoms with van der Waals surface area (Å²) in [5.41, 5.74) is -0.503. The zero-order chi connectivity index (χ0) is 9.31. The van der Waals surface area contributed by atoms with Gasteiger partial charge in [-0.25, -0.2) is 0 Å². The number of rotatable bonds is 1. The molecule has 0 aromatic carbocycles. The van der Waals surface area contributed by atoms with E-state index in [1.165, 1.54) is 12.8 Å². The summed E-state index contributed by atoms with van der Waals surface area (Å²) in [5.74, 6) is 0.394. The average Bonchev–Trinajstić information content (AvgIpc) is 2.17. The van der Waals surface area contributed by atoms with Gasteiger partial charge in [-0.3, -0.25) is 10.1 Å². The molecule has 0 aromatic heterocycles. The minimum Gasteiger partial charge on any atom is -0.264 e. The third-order valence-electron chi connectivity index (χ3n) is 3.95. The minimum atomic E-state index is -0.503. The van der Waals surface area contributed by atoms with Crippen molar-refractivity contribution in [2.45, 2.75) is 56.9 Å². The fraction of sp³-hybridized carbons (Fsp3) is 1.00. The van der Waals surface area contributed by atoms with Gasteiger partial charge >= 0.3 is 0 Å². The van der Waals surface area contributed by atoms with Crippen LogP contribution in [0.15, 0.2) is 0 Å². The van der Waals surface area contributed by atoms with Crippen molar-refractivity contribution >= 4 is 0 Å². The van der Waals surface area contributed by atoms with Crippen LogP contribution in [0.2, 0.25) is 0 Å². The van der Waals surface area contributed by atoms with Crippen molar-refractivity contribution < 1.29 is 4.92 Å². The van der Waals surface area contributed by atoms with Gasteiger partial charge in [0, 0.05) is 23.7 Å². The topological polar surface area (TPSA) is 43.1 Å². The normalized spacial score (nSPS) is 39.5. The lowest BCUT2D eigenvalue weighted by Crippen LogP contribution is -2.49. The predicted octanol–water partition coefficient (Wildman–Crippen LogP) is 2.77. The van der Waals surface area contributed by atoms with Crippen molar-refractivity contribution in [3.63, 3.8) is 0 Å². The molecule has 0 heterocycles. The standard InChI is InChI=1S/C10H17NO2/c12-11(13)10-7-3-1-5-9(10)6-2-4-8-10/h9H,1-8H2. The van der Waals surface area contributed by atoms with Gasteiger partial charge in [-0.05, 0) is 25.7 Å². The van der Waals surface area contributed by atoms with Gasteiger partial charge < -0.3 is 0 Å². The molecule has 2 saturated carbocycles. The lowest BCUT2D eigenvalue weighted by Gasteiger charge is -2.39. The summed E-state index contributed by atoms with van der Waals surface area (Å²) < 4.78 is 0. The Morgan fingerprint density at radius 3 is 2.00 bits per heavy atom. The van der Waals surface area contributed by atoms with E-state index in [0.29, 0.717) is 5.92 Å². The van der Waals surface area contributed by atoms with Crippen molar-refractivity contribution in [3.8, 4) is 0 Å². The van der Waals surface area contributed by atoms with Crippen LogP contribution in [0.4, 0.5) is 0 Å². The SMILES string of the molecule is O=[N+]([O-])C12CCCCC1CCCC2. The molecule has 0 aliphatic heterocycles. The quantitative estimate of drug-likeness (QED) is 0.463. The molecule has 0 spiro atoms. The minimum absolute atomic E-state index is 0.0377. The highest BCUT2D eigenvalue weighted by Gasteiger charge is 2.52. The Morgan fingerprint density at radius 1 is 1.08 bits per heavy atom. The number of hydrogen-bond acceptors (Lipinski definition) is 2. The Labute approximate surface area is 78.7 Å². The van der Waals surface area contributed by atoms with Crippen molar-refractivity contribution in [2.24, 2.45) is 5.92 Å². The lowest BCUT2D eigenvalue weighted by molar-refractivity contribution is -0.589. The maximum Gasteiger partial charge on any atom is 0.225 e. The second kappa shape index (κ2) is 3.28. The van der Waals surface area contributed by atoms with Crippen LogP contribution in [-0.2, 0) is 0 Å². The van der Waals surface area contributed by atoms with Crippen molar-refractivity contribution in [1.82, 2.24) is 0 Å². The molecule has 2 fully saturated rings. The zero-order valence-corrected chi connectivity index (χ0v) is 8.00. The first-order valence-electron chi connectivity index (χ1n) is 5.40. The molecule has 2 aliphatic rings. The fourth-order valence-corrected chi connectivity index (χ4v) is 3.19. The molecule has 3 heteroatoms. The van der Waals surface area contributed by atoms with Crippen LogP contribution in [0.5, 0.6) is 0 Å². The molecule has 0 radical (unpaired) electrons. The van der Waals surface area contributed by atoms with Crippen LogP contribution in [0, 0.1) is 16.0 Å². The second-order valence-corrected chi connectivity index (χ2v) is 4.55. The Bertz CT molecular complexity index is 203. The average molecular weight is 183 g/mol. The van der Waals surface area contributed by atoms with Gasteiger partial charge in [-0.1, -0.05) is 12.8 Å². The molecule has 0 amide bonds. The third kappa shape index (κ3) is 1.34. The molecule has 3 nitrogen and oxygen atoms in total. The zero-order valence-electron chi connectivity index (χ0n) is 8.00. The van der Waals surface area contributed by atoms with E-state index in [0.717, 1.165) is 38.5 Å². The van der Waals surface area contributed by atoms with Crippen LogP contribution in [0.25, 0.3) is 0 Å². The maximum absolute atomic E-state index is 11.1. The summed E-state index contributed by atoms with van der Waals surface area (Å²) in [5, 5.41) is 11.1. The predicted molar refractivity (Wildman–Crippen MR) is 50.2 cm³/mol. The highest BCUT2D eigenvalue weighted by atomic mass is 16.6. The number of nitrogens with zero attached hydrogens (tertiary/aromatic N) is 1. The molecule has 0 bridgehead atoms. The van der Waals surface area contributed by atoms with E-state index in [-0.39, 0.29) is 4.92 Å². The summed E-state index contributed by atoms with van der Waals surface area (Å²) in [6.45, 7) is 0. The summed E-state index contributed by atoms with van der Waals surface area (Å²) in [6.07, 6.45) is 8.42. The van der Waals surface area contributed by atoms with E-state index >= 15 is 0 Å². The Kier molecular flexibility index (Phi) is 2.26. The summed E-state index contributed by atoms with van der Waals surface area (Å²) in [4.78, 5) is 11.2. The highest BCUT2D eigenvalue weighted by Crippen LogP contribution is 2.45. The van der Waals surface area contributed by atoms with Crippen LogP contribution in [0.3, 0.4) is 0 Å². The Balaban J connectivity index is 2.21. The molecule has 0 aromatic rings. The van der Waals surface area contributed by atoms with Gasteiger partial charge in [0.05, 0.1) is 0 Å². The Hall–Kier alpha value is -0.600. The molecule has 0 atom stereocenters. The smallest absolute Gasteiger partial charge is 0.225 e. The van der Waals surface area contributed by atoms with Crippen LogP contribution in [-0.4, -0.2) is 10.5 Å². The first-order chi connectivity index (χ1) is 6.26. The molecule has 74 valence electrons. The van der Waals surface area contributed by atoms with Gasteiger partial charge in [0.1, 0.15) is 0 Å². The largest absolute Gasteiger partial charge is 0.264 e. The molecule has 2 rings (SSSR count). The summed E-state index contributed by atoms with van der Waals surface area (Å²) in [7, 11) is 0. The van der Waals surface area contributed by atoms with Crippen molar-refractivity contribution in [2.75, 3.05) is 0 Å². The third-order valence-corrected chi connectivity index (χ3v) is 3.95. The van der Waals surface area contributed by atoms with Crippen LogP contribution >= 0.6 is 0 Å². The van der Waals surface area contributed by atoms with Gasteiger partial charge in [-0.2, -0.15) is 0 Å². The van der Waals surface area contributed by atoms with Gasteiger partial charge in [0.2, 0.25) is 5.54 Å². The fourth-order valence-electron chi connectivity index (χ4n) is 3.19. The molecule has 0 N–H and O–H groups in total. The molecular weight excluding hydrogens is 166 g/mol. The molecule has 13 heavy (non-hydrogen) atoms. The van der Waals surface area contributed by atoms with Crippen molar-refractivity contribution in [1.29, 1.82) is 0 Å². The van der Waals surface area contributed by atoms with Gasteiger partial charge in [0.25, 0.3) is 0 Å². The van der Waals surface area contributed by atoms with Gasteiger partial charge in [0.15, 0.2) is 0 Å².